The van der Waals surface area contributed by atoms with Crippen LogP contribution in [0.2, 0.25) is 0 Å². The number of carbonyl (C=O) groups excluding carboxylic acids is 1. The summed E-state index contributed by atoms with van der Waals surface area (Å²) in [6.45, 7) is 9.79. The van der Waals surface area contributed by atoms with Crippen molar-refractivity contribution in [1.82, 2.24) is 0 Å². The maximum atomic E-state index is 12.4. The Kier molecular flexibility index (Phi) is 4.33. The van der Waals surface area contributed by atoms with Crippen LogP contribution in [0, 0.1) is 5.41 Å². The zero-order valence-electron chi connectivity index (χ0n) is 12.2. The number of benzene rings is 1. The highest BCUT2D eigenvalue weighted by molar-refractivity contribution is 5.87. The molecule has 0 unspecified atom stereocenters. The van der Waals surface area contributed by atoms with Gasteiger partial charge in [-0.3, -0.25) is 4.79 Å². The minimum Gasteiger partial charge on any atom is -0.325 e. The van der Waals surface area contributed by atoms with Crippen molar-refractivity contribution in [2.75, 3.05) is 0 Å². The van der Waals surface area contributed by atoms with Crippen molar-refractivity contribution in [1.29, 1.82) is 0 Å². The Labute approximate surface area is 111 Å². The fourth-order valence-electron chi connectivity index (χ4n) is 1.66. The number of hydrogen-bond acceptors (Lipinski definition) is 2. The largest absolute Gasteiger partial charge is 0.325 e. The fourth-order valence-corrected chi connectivity index (χ4v) is 1.66. The van der Waals surface area contributed by atoms with Crippen molar-refractivity contribution in [2.45, 2.75) is 53.0 Å². The molecule has 0 saturated heterocycles. The Morgan fingerprint density at radius 2 is 1.50 bits per heavy atom. The third-order valence-corrected chi connectivity index (χ3v) is 4.10. The van der Waals surface area contributed by atoms with E-state index in [1.807, 2.05) is 39.8 Å². The van der Waals surface area contributed by atoms with Crippen molar-refractivity contribution >= 4 is 5.78 Å². The zero-order chi connectivity index (χ0) is 14.0. The molecular weight excluding hydrogens is 222 g/mol. The molecule has 0 saturated carbocycles. The predicted molar refractivity (Wildman–Crippen MR) is 76.6 cm³/mol. The van der Waals surface area contributed by atoms with Crippen molar-refractivity contribution in [3.8, 4) is 0 Å². The molecule has 18 heavy (non-hydrogen) atoms. The van der Waals surface area contributed by atoms with Gasteiger partial charge in [-0.15, -0.1) is 0 Å². The number of rotatable bonds is 5. The molecule has 0 fully saturated rings. The van der Waals surface area contributed by atoms with E-state index < -0.39 is 11.0 Å². The average molecular weight is 247 g/mol. The lowest BCUT2D eigenvalue weighted by molar-refractivity contribution is -0.129. The van der Waals surface area contributed by atoms with Gasteiger partial charge in [-0.2, -0.15) is 0 Å². The molecule has 0 aromatic heterocycles. The molecule has 1 rings (SSSR count). The summed E-state index contributed by atoms with van der Waals surface area (Å²) in [5, 5.41) is 0. The van der Waals surface area contributed by atoms with Gasteiger partial charge in [-0.1, -0.05) is 45.0 Å². The van der Waals surface area contributed by atoms with Crippen molar-refractivity contribution in [3.05, 3.63) is 35.4 Å². The molecule has 100 valence electrons. The van der Waals surface area contributed by atoms with Crippen LogP contribution in [0.5, 0.6) is 0 Å². The smallest absolute Gasteiger partial charge is 0.144 e. The lowest BCUT2D eigenvalue weighted by Gasteiger charge is -2.37. The van der Waals surface area contributed by atoms with E-state index in [4.69, 9.17) is 5.73 Å². The predicted octanol–water partition coefficient (Wildman–Crippen LogP) is 3.12. The minimum atomic E-state index is -0.517. The SMILES string of the molecule is CCc1ccc(CC(=O)C(C)(C)C(C)(C)N)cc1. The van der Waals surface area contributed by atoms with E-state index in [0.29, 0.717) is 6.42 Å². The van der Waals surface area contributed by atoms with Gasteiger partial charge in [0, 0.05) is 17.4 Å². The minimum absolute atomic E-state index is 0.194. The lowest BCUT2D eigenvalue weighted by atomic mass is 9.71. The Morgan fingerprint density at radius 1 is 1.06 bits per heavy atom. The Balaban J connectivity index is 2.81. The summed E-state index contributed by atoms with van der Waals surface area (Å²) in [7, 11) is 0. The molecule has 0 spiro atoms. The number of nitrogens with two attached hydrogens (primary N) is 1. The first kappa shape index (κ1) is 14.9. The number of aryl methyl sites for hydroxylation is 1. The normalized spacial score (nSPS) is 12.6. The van der Waals surface area contributed by atoms with Gasteiger partial charge in [0.25, 0.3) is 0 Å². The summed E-state index contributed by atoms with van der Waals surface area (Å²) in [5.74, 6) is 0.194. The van der Waals surface area contributed by atoms with Crippen LogP contribution in [0.3, 0.4) is 0 Å². The second-order valence-corrected chi connectivity index (χ2v) is 6.12. The molecule has 1 aromatic rings. The van der Waals surface area contributed by atoms with Crippen LogP contribution < -0.4 is 5.73 Å². The molecule has 0 aliphatic carbocycles. The zero-order valence-corrected chi connectivity index (χ0v) is 12.2. The molecule has 0 aliphatic rings. The first-order chi connectivity index (χ1) is 8.18. The van der Waals surface area contributed by atoms with Gasteiger partial charge in [-0.25, -0.2) is 0 Å². The third kappa shape index (κ3) is 3.20. The molecule has 0 radical (unpaired) electrons. The highest BCUT2D eigenvalue weighted by Crippen LogP contribution is 2.30. The topological polar surface area (TPSA) is 43.1 Å². The lowest BCUT2D eigenvalue weighted by Crippen LogP contribution is -2.52. The number of hydrogen-bond donors (Lipinski definition) is 1. The van der Waals surface area contributed by atoms with Crippen LogP contribution in [-0.2, 0) is 17.6 Å². The first-order valence-electron chi connectivity index (χ1n) is 6.58. The van der Waals surface area contributed by atoms with E-state index in [2.05, 4.69) is 19.1 Å². The molecule has 0 atom stereocenters. The van der Waals surface area contributed by atoms with Crippen LogP contribution in [0.15, 0.2) is 24.3 Å². The Bertz CT molecular complexity index is 410. The summed E-state index contributed by atoms with van der Waals surface area (Å²) >= 11 is 0. The van der Waals surface area contributed by atoms with Crippen LogP contribution in [-0.4, -0.2) is 11.3 Å². The molecule has 2 heteroatoms. The monoisotopic (exact) mass is 247 g/mol. The van der Waals surface area contributed by atoms with Crippen LogP contribution in [0.4, 0.5) is 0 Å². The third-order valence-electron chi connectivity index (χ3n) is 4.10. The van der Waals surface area contributed by atoms with E-state index in [9.17, 15) is 4.79 Å². The maximum absolute atomic E-state index is 12.4. The summed E-state index contributed by atoms with van der Waals surface area (Å²) in [5.41, 5.74) is 7.43. The number of carbonyl (C=O) groups is 1. The van der Waals surface area contributed by atoms with Crippen LogP contribution in [0.1, 0.15) is 45.7 Å². The van der Waals surface area contributed by atoms with Crippen molar-refractivity contribution in [2.24, 2.45) is 11.1 Å². The van der Waals surface area contributed by atoms with Gasteiger partial charge in [0.15, 0.2) is 0 Å². The second-order valence-electron chi connectivity index (χ2n) is 6.12. The molecule has 2 nitrogen and oxygen atoms in total. The molecule has 0 aliphatic heterocycles. The van der Waals surface area contributed by atoms with E-state index in [0.717, 1.165) is 12.0 Å². The summed E-state index contributed by atoms with van der Waals surface area (Å²) in [6, 6.07) is 8.25. The highest BCUT2D eigenvalue weighted by Gasteiger charge is 2.39. The highest BCUT2D eigenvalue weighted by atomic mass is 16.1. The molecule has 0 heterocycles. The van der Waals surface area contributed by atoms with Gasteiger partial charge in [0.05, 0.1) is 0 Å². The van der Waals surface area contributed by atoms with Gasteiger partial charge in [0.2, 0.25) is 0 Å². The van der Waals surface area contributed by atoms with Crippen molar-refractivity contribution in [3.63, 3.8) is 0 Å². The number of Topliss-reactive ketones (excluding diaryl/α,β-unsaturated/α-hetero) is 1. The van der Waals surface area contributed by atoms with Gasteiger partial charge >= 0.3 is 0 Å². The summed E-state index contributed by atoms with van der Waals surface area (Å²) < 4.78 is 0. The molecule has 2 N–H and O–H groups in total. The van der Waals surface area contributed by atoms with Gasteiger partial charge in [-0.05, 0) is 31.4 Å². The van der Waals surface area contributed by atoms with E-state index in [1.54, 1.807) is 0 Å². The van der Waals surface area contributed by atoms with Crippen molar-refractivity contribution < 1.29 is 4.79 Å². The second kappa shape index (κ2) is 5.23. The maximum Gasteiger partial charge on any atom is 0.144 e. The molecular formula is C16H25NO. The van der Waals surface area contributed by atoms with Crippen LogP contribution >= 0.6 is 0 Å². The molecule has 1 aromatic carbocycles. The van der Waals surface area contributed by atoms with E-state index in [1.165, 1.54) is 5.56 Å². The first-order valence-corrected chi connectivity index (χ1v) is 6.58. The fraction of sp³-hybridized carbons (Fsp3) is 0.562. The molecule has 0 bridgehead atoms. The molecule has 0 amide bonds. The van der Waals surface area contributed by atoms with E-state index >= 15 is 0 Å². The van der Waals surface area contributed by atoms with E-state index in [-0.39, 0.29) is 5.78 Å². The summed E-state index contributed by atoms with van der Waals surface area (Å²) in [6.07, 6.45) is 1.48. The quantitative estimate of drug-likeness (QED) is 0.868. The standard InChI is InChI=1S/C16H25NO/c1-6-12-7-9-13(10-8-12)11-14(18)15(2,3)16(4,5)17/h7-10H,6,11,17H2,1-5H3. The van der Waals surface area contributed by atoms with Gasteiger partial charge in [0.1, 0.15) is 5.78 Å². The summed E-state index contributed by atoms with van der Waals surface area (Å²) in [4.78, 5) is 12.4. The average Bonchev–Trinajstić information content (AvgIpc) is 2.28. The Hall–Kier alpha value is -1.15. The van der Waals surface area contributed by atoms with Crippen LogP contribution in [0.25, 0.3) is 0 Å². The Morgan fingerprint density at radius 3 is 1.89 bits per heavy atom. The number of ketones is 1. The van der Waals surface area contributed by atoms with Gasteiger partial charge < -0.3 is 5.73 Å².